The number of benzene rings is 4. The topological polar surface area (TPSA) is 220 Å². The maximum absolute atomic E-state index is 11.5. The first kappa shape index (κ1) is 58.2. The molecular weight excluding hydrogens is 853 g/mol. The van der Waals surface area contributed by atoms with Crippen LogP contribution in [0.2, 0.25) is 0 Å². The number of nitrogens with zero attached hydrogens (tertiary/aromatic N) is 3. The highest BCUT2D eigenvalue weighted by molar-refractivity contribution is 6.04. The van der Waals surface area contributed by atoms with Crippen LogP contribution in [0.25, 0.3) is 0 Å². The fourth-order valence-corrected chi connectivity index (χ4v) is 4.84. The van der Waals surface area contributed by atoms with Gasteiger partial charge in [0.15, 0.2) is 0 Å². The number of amides is 7. The lowest BCUT2D eigenvalue weighted by molar-refractivity contribution is -0.173. The number of hydrogen-bond acceptors (Lipinski definition) is 13. The van der Waals surface area contributed by atoms with Crippen LogP contribution in [0.3, 0.4) is 0 Å². The van der Waals surface area contributed by atoms with Crippen LogP contribution in [0.5, 0.6) is 0 Å². The third-order valence-corrected chi connectivity index (χ3v) is 7.83. The van der Waals surface area contributed by atoms with Gasteiger partial charge in [-0.3, -0.25) is 33.6 Å². The van der Waals surface area contributed by atoms with Crippen molar-refractivity contribution in [1.82, 2.24) is 20.5 Å². The van der Waals surface area contributed by atoms with Crippen LogP contribution in [0, 0.1) is 0 Å². The van der Waals surface area contributed by atoms with Crippen molar-refractivity contribution >= 4 is 59.3 Å². The van der Waals surface area contributed by atoms with Gasteiger partial charge in [-0.15, -0.1) is 15.2 Å². The van der Waals surface area contributed by atoms with E-state index < -0.39 is 53.4 Å². The quantitative estimate of drug-likeness (QED) is 0.173. The number of hydroxylamine groups is 6. The molecule has 7 rings (SSSR count). The van der Waals surface area contributed by atoms with Crippen molar-refractivity contribution in [2.75, 3.05) is 7.05 Å². The zero-order chi connectivity index (χ0) is 50.0. The van der Waals surface area contributed by atoms with Crippen molar-refractivity contribution in [3.63, 3.8) is 0 Å². The van der Waals surface area contributed by atoms with Crippen molar-refractivity contribution in [2.45, 2.75) is 93.9 Å². The van der Waals surface area contributed by atoms with E-state index in [4.69, 9.17) is 14.5 Å². The van der Waals surface area contributed by atoms with Crippen LogP contribution in [-0.2, 0) is 43.3 Å². The van der Waals surface area contributed by atoms with Crippen molar-refractivity contribution in [3.05, 3.63) is 144 Å². The van der Waals surface area contributed by atoms with Gasteiger partial charge >= 0.3 is 17.9 Å². The molecule has 0 saturated carbocycles. The normalized spacial score (nSPS) is 12.9. The number of rotatable bonds is 7. The zero-order valence-electron chi connectivity index (χ0n) is 38.9. The molecule has 3 saturated heterocycles. The summed E-state index contributed by atoms with van der Waals surface area (Å²) in [6, 6.07) is 33.7. The molecular formula is C49H62N4O13. The highest BCUT2D eigenvalue weighted by atomic mass is 16.7. The van der Waals surface area contributed by atoms with Gasteiger partial charge < -0.3 is 19.8 Å². The molecule has 17 nitrogen and oxygen atoms in total. The van der Waals surface area contributed by atoms with Gasteiger partial charge in [0, 0.05) is 52.6 Å². The fourth-order valence-electron chi connectivity index (χ4n) is 4.84. The number of nitrogens with one attached hydrogen (secondary N) is 1. The molecule has 17 heteroatoms. The van der Waals surface area contributed by atoms with Crippen molar-refractivity contribution in [2.24, 2.45) is 0 Å². The van der Waals surface area contributed by atoms with Gasteiger partial charge in [0.2, 0.25) is 0 Å². The van der Waals surface area contributed by atoms with E-state index >= 15 is 0 Å². The van der Waals surface area contributed by atoms with Crippen LogP contribution in [0.4, 0.5) is 0 Å². The monoisotopic (exact) mass is 914 g/mol. The standard InChI is InChI=1S/3C11H9NO4.C8H9NO.4C2H6.H2/c3*13-9-6-7-10(14)12(9)16-11(15)8-4-2-1-3-5-8;1-9-8(10)7-5-3-2-4-6-7;4*1-2;/h3*1-5H,6-7H2;2-6H,1H3,(H,9,10);4*1-2H3;1H. The van der Waals surface area contributed by atoms with Crippen LogP contribution in [-0.4, -0.2) is 81.5 Å². The van der Waals surface area contributed by atoms with Gasteiger partial charge in [-0.25, -0.2) is 14.4 Å². The number of carbonyl (C=O) groups excluding carboxylic acids is 10. The van der Waals surface area contributed by atoms with E-state index in [9.17, 15) is 47.9 Å². The molecule has 4 aromatic carbocycles. The number of hydrogen-bond donors (Lipinski definition) is 1. The van der Waals surface area contributed by atoms with Crippen LogP contribution in [0.15, 0.2) is 121 Å². The molecule has 3 aliphatic heterocycles. The lowest BCUT2D eigenvalue weighted by atomic mass is 10.2. The summed E-state index contributed by atoms with van der Waals surface area (Å²) in [5, 5.41) is 4.15. The lowest BCUT2D eigenvalue weighted by Gasteiger charge is -2.12. The molecule has 66 heavy (non-hydrogen) atoms. The molecule has 0 bridgehead atoms. The molecule has 0 spiro atoms. The predicted octanol–water partition coefficient (Wildman–Crippen LogP) is 8.12. The van der Waals surface area contributed by atoms with E-state index in [-0.39, 0.29) is 45.9 Å². The molecule has 0 aromatic heterocycles. The zero-order valence-corrected chi connectivity index (χ0v) is 38.9. The Kier molecular flexibility index (Phi) is 29.7. The Bertz CT molecular complexity index is 1910. The molecule has 7 amide bonds. The van der Waals surface area contributed by atoms with E-state index in [0.717, 1.165) is 0 Å². The summed E-state index contributed by atoms with van der Waals surface area (Å²) in [5.74, 6) is -5.02. The number of carbonyl (C=O) groups is 10. The summed E-state index contributed by atoms with van der Waals surface area (Å²) in [7, 11) is 1.62. The van der Waals surface area contributed by atoms with Crippen molar-refractivity contribution < 1.29 is 63.9 Å². The second-order valence-electron chi connectivity index (χ2n) is 11.9. The molecule has 0 atom stereocenters. The van der Waals surface area contributed by atoms with E-state index in [1.54, 1.807) is 110 Å². The third kappa shape index (κ3) is 19.7. The summed E-state index contributed by atoms with van der Waals surface area (Å²) in [6.07, 6.45) is 0.589. The predicted molar refractivity (Wildman–Crippen MR) is 246 cm³/mol. The minimum absolute atomic E-state index is 0. The Balaban J connectivity index is 0. The summed E-state index contributed by atoms with van der Waals surface area (Å²) < 4.78 is 0. The van der Waals surface area contributed by atoms with E-state index in [0.29, 0.717) is 37.4 Å². The van der Waals surface area contributed by atoms with Gasteiger partial charge in [0.25, 0.3) is 41.4 Å². The molecule has 3 heterocycles. The summed E-state index contributed by atoms with van der Waals surface area (Å²) in [6.45, 7) is 16.0. The summed E-state index contributed by atoms with van der Waals surface area (Å²) in [5.41, 5.74) is 1.60. The van der Waals surface area contributed by atoms with Crippen LogP contribution in [0.1, 0.15) is 137 Å². The van der Waals surface area contributed by atoms with Gasteiger partial charge in [-0.1, -0.05) is 128 Å². The highest BCUT2D eigenvalue weighted by Crippen LogP contribution is 2.16. The van der Waals surface area contributed by atoms with Gasteiger partial charge in [-0.2, -0.15) is 0 Å². The molecule has 3 fully saturated rings. The Morgan fingerprint density at radius 2 is 0.545 bits per heavy atom. The average Bonchev–Trinajstić information content (AvgIpc) is 4.01. The molecule has 356 valence electrons. The molecule has 3 aliphatic rings. The summed E-state index contributed by atoms with van der Waals surface area (Å²) >= 11 is 0. The Labute approximate surface area is 387 Å². The fraction of sp³-hybridized carbons (Fsp3) is 0.306. The second-order valence-corrected chi connectivity index (χ2v) is 11.9. The summed E-state index contributed by atoms with van der Waals surface area (Å²) in [4.78, 5) is 127. The van der Waals surface area contributed by atoms with Crippen LogP contribution >= 0.6 is 0 Å². The van der Waals surface area contributed by atoms with Crippen molar-refractivity contribution in [1.29, 1.82) is 0 Å². The smallest absolute Gasteiger partial charge is 0.355 e. The van der Waals surface area contributed by atoms with E-state index in [1.165, 1.54) is 0 Å². The SMILES string of the molecule is CC.CC.CC.CC.CNC(=O)c1ccccc1.O=C(ON1C(=O)CCC1=O)c1ccccc1.O=C(ON1C(=O)CCC1=O)c1ccccc1.O=C(ON1C(=O)CCC1=O)c1ccccc1.[HH]. The van der Waals surface area contributed by atoms with Gasteiger partial charge in [0.1, 0.15) is 0 Å². The highest BCUT2D eigenvalue weighted by Gasteiger charge is 2.35. The Morgan fingerprint density at radius 1 is 0.364 bits per heavy atom. The second kappa shape index (κ2) is 33.7. The minimum atomic E-state index is -0.704. The van der Waals surface area contributed by atoms with Crippen LogP contribution < -0.4 is 5.32 Å². The third-order valence-electron chi connectivity index (χ3n) is 7.83. The molecule has 0 unspecified atom stereocenters. The van der Waals surface area contributed by atoms with E-state index in [2.05, 4.69) is 5.32 Å². The van der Waals surface area contributed by atoms with Gasteiger partial charge in [-0.05, 0) is 48.5 Å². The molecule has 4 aromatic rings. The average molecular weight is 915 g/mol. The molecule has 0 radical (unpaired) electrons. The Hall–Kier alpha value is -7.82. The molecule has 1 N–H and O–H groups in total. The van der Waals surface area contributed by atoms with Crippen molar-refractivity contribution in [3.8, 4) is 0 Å². The maximum Gasteiger partial charge on any atom is 0.363 e. The Morgan fingerprint density at radius 3 is 0.727 bits per heavy atom. The largest absolute Gasteiger partial charge is 0.363 e. The minimum Gasteiger partial charge on any atom is -0.355 e. The molecule has 0 aliphatic carbocycles. The maximum atomic E-state index is 11.5. The number of imide groups is 3. The van der Waals surface area contributed by atoms with Gasteiger partial charge in [0.05, 0.1) is 16.7 Å². The first-order chi connectivity index (χ1) is 31.9. The first-order valence-corrected chi connectivity index (χ1v) is 21.6. The van der Waals surface area contributed by atoms with E-state index in [1.807, 2.05) is 73.6 Å². The lowest BCUT2D eigenvalue weighted by Crippen LogP contribution is -2.32. The first-order valence-electron chi connectivity index (χ1n) is 21.6.